The van der Waals surface area contributed by atoms with Crippen molar-refractivity contribution in [2.45, 2.75) is 51.7 Å². The summed E-state index contributed by atoms with van der Waals surface area (Å²) >= 11 is 0. The van der Waals surface area contributed by atoms with Crippen LogP contribution in [-0.4, -0.2) is 24.7 Å². The third-order valence-corrected chi connectivity index (χ3v) is 2.25. The molecule has 1 aliphatic rings. The van der Waals surface area contributed by atoms with Crippen molar-refractivity contribution in [1.82, 2.24) is 5.32 Å². The average molecular weight is 185 g/mol. The highest BCUT2D eigenvalue weighted by Crippen LogP contribution is 2.18. The largest absolute Gasteiger partial charge is 0.463 e. The van der Waals surface area contributed by atoms with Crippen LogP contribution in [0, 0.1) is 0 Å². The molecule has 1 atom stereocenters. The fraction of sp³-hybridized carbons (Fsp3) is 0.900. The fourth-order valence-corrected chi connectivity index (χ4v) is 1.03. The van der Waals surface area contributed by atoms with E-state index in [9.17, 15) is 4.79 Å². The molecule has 0 radical (unpaired) electrons. The molecule has 1 aliphatic carbocycles. The standard InChI is InChI=1S/C10H19NO2/c1-3-8(2)13-10(12)6-7-11-9-4-5-9/h8-9,11H,3-7H2,1-2H3. The predicted molar refractivity (Wildman–Crippen MR) is 51.5 cm³/mol. The Balaban J connectivity index is 1.96. The molecule has 0 aliphatic heterocycles. The molecule has 1 rings (SSSR count). The molecule has 3 nitrogen and oxygen atoms in total. The van der Waals surface area contributed by atoms with Crippen LogP contribution in [0.3, 0.4) is 0 Å². The van der Waals surface area contributed by atoms with Crippen LogP contribution in [0.25, 0.3) is 0 Å². The van der Waals surface area contributed by atoms with Gasteiger partial charge >= 0.3 is 5.97 Å². The monoisotopic (exact) mass is 185 g/mol. The number of nitrogens with one attached hydrogen (secondary N) is 1. The second-order valence-corrected chi connectivity index (χ2v) is 3.69. The van der Waals surface area contributed by atoms with E-state index in [1.807, 2.05) is 13.8 Å². The molecular weight excluding hydrogens is 166 g/mol. The summed E-state index contributed by atoms with van der Waals surface area (Å²) in [7, 11) is 0. The lowest BCUT2D eigenvalue weighted by Gasteiger charge is -2.10. The average Bonchev–Trinajstić information content (AvgIpc) is 2.88. The molecule has 13 heavy (non-hydrogen) atoms. The first-order valence-corrected chi connectivity index (χ1v) is 5.15. The van der Waals surface area contributed by atoms with E-state index in [1.165, 1.54) is 12.8 Å². The van der Waals surface area contributed by atoms with E-state index in [1.54, 1.807) is 0 Å². The zero-order valence-corrected chi connectivity index (χ0v) is 8.51. The van der Waals surface area contributed by atoms with Gasteiger partial charge in [0.25, 0.3) is 0 Å². The SMILES string of the molecule is CCC(C)OC(=O)CCNC1CC1. The van der Waals surface area contributed by atoms with Gasteiger partial charge in [-0.25, -0.2) is 0 Å². The molecule has 0 aromatic rings. The van der Waals surface area contributed by atoms with Gasteiger partial charge in [-0.05, 0) is 26.2 Å². The molecule has 1 unspecified atom stereocenters. The Hall–Kier alpha value is -0.570. The van der Waals surface area contributed by atoms with E-state index in [0.717, 1.165) is 13.0 Å². The topological polar surface area (TPSA) is 38.3 Å². The molecule has 0 heterocycles. The van der Waals surface area contributed by atoms with Crippen molar-refractivity contribution in [2.75, 3.05) is 6.54 Å². The molecular formula is C10H19NO2. The molecule has 0 amide bonds. The molecule has 1 N–H and O–H groups in total. The number of hydrogen-bond acceptors (Lipinski definition) is 3. The van der Waals surface area contributed by atoms with E-state index in [-0.39, 0.29) is 12.1 Å². The van der Waals surface area contributed by atoms with Gasteiger partial charge in [0.05, 0.1) is 12.5 Å². The third kappa shape index (κ3) is 4.88. The lowest BCUT2D eigenvalue weighted by Crippen LogP contribution is -2.22. The molecule has 1 fully saturated rings. The van der Waals surface area contributed by atoms with Crippen LogP contribution >= 0.6 is 0 Å². The van der Waals surface area contributed by atoms with E-state index in [0.29, 0.717) is 12.5 Å². The van der Waals surface area contributed by atoms with E-state index >= 15 is 0 Å². The van der Waals surface area contributed by atoms with Gasteiger partial charge in [0.1, 0.15) is 0 Å². The maximum Gasteiger partial charge on any atom is 0.307 e. The van der Waals surface area contributed by atoms with E-state index < -0.39 is 0 Å². The lowest BCUT2D eigenvalue weighted by atomic mass is 10.3. The second kappa shape index (κ2) is 5.22. The second-order valence-electron chi connectivity index (χ2n) is 3.69. The maximum absolute atomic E-state index is 11.2. The number of hydrogen-bond donors (Lipinski definition) is 1. The van der Waals surface area contributed by atoms with Gasteiger partial charge in [-0.1, -0.05) is 6.92 Å². The molecule has 3 heteroatoms. The summed E-state index contributed by atoms with van der Waals surface area (Å²) < 4.78 is 5.12. The van der Waals surface area contributed by atoms with Gasteiger partial charge < -0.3 is 10.1 Å². The minimum Gasteiger partial charge on any atom is -0.463 e. The fourth-order valence-electron chi connectivity index (χ4n) is 1.03. The Kier molecular flexibility index (Phi) is 4.22. The third-order valence-electron chi connectivity index (χ3n) is 2.25. The summed E-state index contributed by atoms with van der Waals surface area (Å²) in [5, 5.41) is 3.28. The first-order chi connectivity index (χ1) is 6.22. The van der Waals surface area contributed by atoms with Gasteiger partial charge in [-0.2, -0.15) is 0 Å². The lowest BCUT2D eigenvalue weighted by molar-refractivity contribution is -0.148. The Morgan fingerprint density at radius 2 is 2.31 bits per heavy atom. The van der Waals surface area contributed by atoms with Crippen molar-refractivity contribution in [1.29, 1.82) is 0 Å². The maximum atomic E-state index is 11.2. The highest BCUT2D eigenvalue weighted by Gasteiger charge is 2.20. The Morgan fingerprint density at radius 3 is 2.85 bits per heavy atom. The molecule has 0 aromatic carbocycles. The number of carbonyl (C=O) groups is 1. The Morgan fingerprint density at radius 1 is 1.62 bits per heavy atom. The van der Waals surface area contributed by atoms with E-state index in [2.05, 4.69) is 5.32 Å². The van der Waals surface area contributed by atoms with Crippen LogP contribution in [0.15, 0.2) is 0 Å². The van der Waals surface area contributed by atoms with E-state index in [4.69, 9.17) is 4.74 Å². The van der Waals surface area contributed by atoms with Crippen LogP contribution in [-0.2, 0) is 9.53 Å². The zero-order valence-electron chi connectivity index (χ0n) is 8.51. The first-order valence-electron chi connectivity index (χ1n) is 5.15. The quantitative estimate of drug-likeness (QED) is 0.637. The van der Waals surface area contributed by atoms with Gasteiger partial charge in [-0.3, -0.25) is 4.79 Å². The van der Waals surface area contributed by atoms with Gasteiger partial charge in [0, 0.05) is 12.6 Å². The number of rotatable bonds is 6. The molecule has 0 bridgehead atoms. The minimum absolute atomic E-state index is 0.0634. The van der Waals surface area contributed by atoms with Crippen molar-refractivity contribution in [3.8, 4) is 0 Å². The van der Waals surface area contributed by atoms with Crippen molar-refractivity contribution in [3.63, 3.8) is 0 Å². The molecule has 0 saturated heterocycles. The summed E-state index contributed by atoms with van der Waals surface area (Å²) in [6, 6.07) is 0.677. The van der Waals surface area contributed by atoms with Crippen molar-refractivity contribution < 1.29 is 9.53 Å². The zero-order chi connectivity index (χ0) is 9.68. The number of carbonyl (C=O) groups excluding carboxylic acids is 1. The van der Waals surface area contributed by atoms with Crippen LogP contribution in [0.2, 0.25) is 0 Å². The summed E-state index contributed by atoms with van der Waals surface area (Å²) in [6.45, 7) is 4.70. The van der Waals surface area contributed by atoms with Crippen LogP contribution in [0.1, 0.15) is 39.5 Å². The normalized spacial score (nSPS) is 18.3. The number of esters is 1. The van der Waals surface area contributed by atoms with Gasteiger partial charge in [-0.15, -0.1) is 0 Å². The van der Waals surface area contributed by atoms with Gasteiger partial charge in [0.2, 0.25) is 0 Å². The Labute approximate surface area is 79.8 Å². The predicted octanol–water partition coefficient (Wildman–Crippen LogP) is 1.47. The summed E-state index contributed by atoms with van der Waals surface area (Å²) in [5.41, 5.74) is 0. The van der Waals surface area contributed by atoms with Gasteiger partial charge in [0.15, 0.2) is 0 Å². The molecule has 0 aromatic heterocycles. The van der Waals surface area contributed by atoms with Crippen molar-refractivity contribution >= 4 is 5.97 Å². The summed E-state index contributed by atoms with van der Waals surface area (Å²) in [6.07, 6.45) is 3.98. The molecule has 76 valence electrons. The first kappa shape index (κ1) is 10.5. The smallest absolute Gasteiger partial charge is 0.307 e. The minimum atomic E-state index is -0.0810. The van der Waals surface area contributed by atoms with Crippen molar-refractivity contribution in [3.05, 3.63) is 0 Å². The van der Waals surface area contributed by atoms with Crippen molar-refractivity contribution in [2.24, 2.45) is 0 Å². The number of ether oxygens (including phenoxy) is 1. The molecule has 0 spiro atoms. The highest BCUT2D eigenvalue weighted by molar-refractivity contribution is 5.69. The molecule has 1 saturated carbocycles. The highest BCUT2D eigenvalue weighted by atomic mass is 16.5. The summed E-state index contributed by atoms with van der Waals surface area (Å²) in [5.74, 6) is -0.0810. The van der Waals surface area contributed by atoms with Crippen LogP contribution in [0.5, 0.6) is 0 Å². The Bertz CT molecular complexity index is 166. The summed E-state index contributed by atoms with van der Waals surface area (Å²) in [4.78, 5) is 11.2. The van der Waals surface area contributed by atoms with Crippen LogP contribution < -0.4 is 5.32 Å². The van der Waals surface area contributed by atoms with Crippen LogP contribution in [0.4, 0.5) is 0 Å².